The largest absolute Gasteiger partial charge is 0.455 e. The average Bonchev–Trinajstić information content (AvgIpc) is 3.44. The monoisotopic (exact) mass is 561 g/mol. The fourth-order valence-corrected chi connectivity index (χ4v) is 5.21. The number of piperidine rings is 1. The molecule has 4 aromatic rings. The van der Waals surface area contributed by atoms with Crippen molar-refractivity contribution in [3.05, 3.63) is 131 Å². The molecule has 0 unspecified atom stereocenters. The first-order valence-electron chi connectivity index (χ1n) is 13.9. The molecule has 8 heteroatoms. The molecule has 0 radical (unpaired) electrons. The number of amides is 1. The first-order valence-corrected chi connectivity index (χ1v) is 13.9. The van der Waals surface area contributed by atoms with E-state index in [-0.39, 0.29) is 17.7 Å². The zero-order chi connectivity index (χ0) is 28.7. The quantitative estimate of drug-likeness (QED) is 0.229. The molecule has 3 aromatic carbocycles. The smallest absolute Gasteiger partial charge is 0.416 e. The number of furan rings is 1. The molecular weight excluding hydrogens is 527 g/mol. The third-order valence-corrected chi connectivity index (χ3v) is 7.37. The van der Waals surface area contributed by atoms with Gasteiger partial charge >= 0.3 is 6.18 Å². The molecule has 1 saturated heterocycles. The first kappa shape index (κ1) is 28.6. The van der Waals surface area contributed by atoms with Gasteiger partial charge in [-0.2, -0.15) is 13.2 Å². The summed E-state index contributed by atoms with van der Waals surface area (Å²) in [5.41, 5.74) is 2.46. The van der Waals surface area contributed by atoms with Crippen LogP contribution < -0.4 is 5.32 Å². The Balaban J connectivity index is 1.17. The van der Waals surface area contributed by atoms with Crippen LogP contribution in [0.1, 0.15) is 51.4 Å². The van der Waals surface area contributed by atoms with Gasteiger partial charge in [0.2, 0.25) is 0 Å². The molecule has 1 amide bonds. The van der Waals surface area contributed by atoms with Gasteiger partial charge in [0.1, 0.15) is 5.76 Å². The number of carbonyl (C=O) groups excluding carboxylic acids is 1. The highest BCUT2D eigenvalue weighted by atomic mass is 19.4. The lowest BCUT2D eigenvalue weighted by Gasteiger charge is -2.32. The van der Waals surface area contributed by atoms with Gasteiger partial charge in [-0.1, -0.05) is 72.8 Å². The van der Waals surface area contributed by atoms with Gasteiger partial charge in [-0.15, -0.1) is 0 Å². The second-order valence-electron chi connectivity index (χ2n) is 10.6. The molecule has 1 aliphatic rings. The van der Waals surface area contributed by atoms with E-state index >= 15 is 0 Å². The van der Waals surface area contributed by atoms with Crippen molar-refractivity contribution >= 4 is 5.91 Å². The lowest BCUT2D eigenvalue weighted by atomic mass is 10.0. The lowest BCUT2D eigenvalue weighted by Crippen LogP contribution is -2.44. The Morgan fingerprint density at radius 3 is 1.98 bits per heavy atom. The average molecular weight is 562 g/mol. The Morgan fingerprint density at radius 1 is 0.780 bits per heavy atom. The predicted octanol–water partition coefficient (Wildman–Crippen LogP) is 6.90. The van der Waals surface area contributed by atoms with Crippen LogP contribution in [0.15, 0.2) is 101 Å². The highest BCUT2D eigenvalue weighted by Gasteiger charge is 2.30. The minimum absolute atomic E-state index is 0.0947. The van der Waals surface area contributed by atoms with Gasteiger partial charge in [-0.25, -0.2) is 0 Å². The summed E-state index contributed by atoms with van der Waals surface area (Å²) in [7, 11) is 0. The number of carbonyl (C=O) groups is 1. The first-order chi connectivity index (χ1) is 19.8. The molecule has 0 spiro atoms. The Bertz CT molecular complexity index is 1380. The highest BCUT2D eigenvalue weighted by Crippen LogP contribution is 2.29. The molecule has 41 heavy (non-hydrogen) atoms. The molecule has 0 atom stereocenters. The molecule has 1 aliphatic heterocycles. The molecule has 5 rings (SSSR count). The molecule has 1 N–H and O–H groups in total. The second-order valence-corrected chi connectivity index (χ2v) is 10.6. The minimum Gasteiger partial charge on any atom is -0.455 e. The topological polar surface area (TPSA) is 48.7 Å². The molecule has 214 valence electrons. The number of nitrogens with zero attached hydrogens (tertiary/aromatic N) is 2. The number of hydrogen-bond acceptors (Lipinski definition) is 4. The molecule has 5 nitrogen and oxygen atoms in total. The summed E-state index contributed by atoms with van der Waals surface area (Å²) in [6.45, 7) is 4.15. The Morgan fingerprint density at radius 2 is 1.37 bits per heavy atom. The molecule has 0 aliphatic carbocycles. The zero-order valence-corrected chi connectivity index (χ0v) is 22.8. The summed E-state index contributed by atoms with van der Waals surface area (Å²) >= 11 is 0. The highest BCUT2D eigenvalue weighted by molar-refractivity contribution is 5.91. The second kappa shape index (κ2) is 13.2. The van der Waals surface area contributed by atoms with E-state index in [1.165, 1.54) is 17.7 Å². The van der Waals surface area contributed by atoms with E-state index in [1.54, 1.807) is 12.1 Å². The maximum Gasteiger partial charge on any atom is 0.416 e. The van der Waals surface area contributed by atoms with Crippen molar-refractivity contribution in [2.24, 2.45) is 0 Å². The van der Waals surface area contributed by atoms with E-state index < -0.39 is 11.7 Å². The summed E-state index contributed by atoms with van der Waals surface area (Å²) in [5.74, 6) is 0.659. The van der Waals surface area contributed by atoms with E-state index in [1.807, 2.05) is 36.4 Å². The molecule has 1 fully saturated rings. The standard InChI is InChI=1S/C33H34F3N3O2/c34-33(35,36)28-13-11-27(12-14-28)23-39(22-26-9-5-2-6-10-26)24-30-15-16-31(41-30)32(40)37-29-17-19-38(20-18-29)21-25-7-3-1-4-8-25/h1-16,29H,17-24H2,(H,37,40). The number of rotatable bonds is 10. The van der Waals surface area contributed by atoms with Crippen LogP contribution in [0.5, 0.6) is 0 Å². The lowest BCUT2D eigenvalue weighted by molar-refractivity contribution is -0.137. The predicted molar refractivity (Wildman–Crippen MR) is 152 cm³/mol. The normalized spacial score (nSPS) is 14.8. The Labute approximate surface area is 238 Å². The van der Waals surface area contributed by atoms with Gasteiger partial charge in [-0.05, 0) is 53.8 Å². The summed E-state index contributed by atoms with van der Waals surface area (Å²) in [5, 5.41) is 3.12. The van der Waals surface area contributed by atoms with Gasteiger partial charge in [0, 0.05) is 38.8 Å². The summed E-state index contributed by atoms with van der Waals surface area (Å²) in [4.78, 5) is 17.4. The van der Waals surface area contributed by atoms with Gasteiger partial charge in [0.25, 0.3) is 5.91 Å². The van der Waals surface area contributed by atoms with Crippen molar-refractivity contribution in [2.75, 3.05) is 13.1 Å². The van der Waals surface area contributed by atoms with E-state index in [2.05, 4.69) is 39.4 Å². The molecule has 2 heterocycles. The Kier molecular flexibility index (Phi) is 9.21. The van der Waals surface area contributed by atoms with Gasteiger partial charge < -0.3 is 9.73 Å². The van der Waals surface area contributed by atoms with Crippen LogP contribution in [-0.2, 0) is 32.4 Å². The van der Waals surface area contributed by atoms with E-state index in [4.69, 9.17) is 4.42 Å². The number of nitrogens with one attached hydrogen (secondary N) is 1. The molecule has 0 bridgehead atoms. The number of halogens is 3. The summed E-state index contributed by atoms with van der Waals surface area (Å²) < 4.78 is 45.0. The molecule has 1 aromatic heterocycles. The summed E-state index contributed by atoms with van der Waals surface area (Å²) in [6, 6.07) is 29.0. The third kappa shape index (κ3) is 8.31. The van der Waals surface area contributed by atoms with Gasteiger partial charge in [-0.3, -0.25) is 14.6 Å². The number of benzene rings is 3. The van der Waals surface area contributed by atoms with Gasteiger partial charge in [0.15, 0.2) is 5.76 Å². The van der Waals surface area contributed by atoms with Crippen molar-refractivity contribution in [1.82, 2.24) is 15.1 Å². The van der Waals surface area contributed by atoms with Crippen molar-refractivity contribution in [2.45, 2.75) is 51.2 Å². The molecular formula is C33H34F3N3O2. The number of likely N-dealkylation sites (tertiary alicyclic amines) is 1. The number of alkyl halides is 3. The fraction of sp³-hybridized carbons (Fsp3) is 0.303. The van der Waals surface area contributed by atoms with E-state index in [0.29, 0.717) is 25.4 Å². The fourth-order valence-electron chi connectivity index (χ4n) is 5.21. The van der Waals surface area contributed by atoms with Crippen LogP contribution in [0, 0.1) is 0 Å². The van der Waals surface area contributed by atoms with Crippen LogP contribution in [0.3, 0.4) is 0 Å². The number of hydrogen-bond donors (Lipinski definition) is 1. The van der Waals surface area contributed by atoms with Crippen LogP contribution in [-0.4, -0.2) is 34.8 Å². The Hall–Kier alpha value is -3.88. The van der Waals surface area contributed by atoms with Crippen LogP contribution in [0.25, 0.3) is 0 Å². The molecule has 0 saturated carbocycles. The SMILES string of the molecule is O=C(NC1CCN(Cc2ccccc2)CC1)c1ccc(CN(Cc2ccccc2)Cc2ccc(C(F)(F)F)cc2)o1. The maximum absolute atomic E-state index is 13.0. The van der Waals surface area contributed by atoms with Crippen molar-refractivity contribution in [3.63, 3.8) is 0 Å². The van der Waals surface area contributed by atoms with Gasteiger partial charge in [0.05, 0.1) is 12.1 Å². The van der Waals surface area contributed by atoms with Crippen molar-refractivity contribution < 1.29 is 22.4 Å². The maximum atomic E-state index is 13.0. The van der Waals surface area contributed by atoms with Crippen molar-refractivity contribution in [1.29, 1.82) is 0 Å². The zero-order valence-electron chi connectivity index (χ0n) is 22.8. The third-order valence-electron chi connectivity index (χ3n) is 7.37. The minimum atomic E-state index is -4.37. The van der Waals surface area contributed by atoms with Crippen molar-refractivity contribution in [3.8, 4) is 0 Å². The van der Waals surface area contributed by atoms with E-state index in [9.17, 15) is 18.0 Å². The van der Waals surface area contributed by atoms with Crippen LogP contribution >= 0.6 is 0 Å². The van der Waals surface area contributed by atoms with Crippen LogP contribution in [0.2, 0.25) is 0 Å². The van der Waals surface area contributed by atoms with E-state index in [0.717, 1.165) is 55.7 Å². The van der Waals surface area contributed by atoms with Crippen LogP contribution in [0.4, 0.5) is 13.2 Å². The summed E-state index contributed by atoms with van der Waals surface area (Å²) in [6.07, 6.45) is -2.61.